The molecule has 0 spiro atoms. The molecule has 0 saturated carbocycles. The van der Waals surface area contributed by atoms with Crippen LogP contribution in [0.3, 0.4) is 0 Å². The van der Waals surface area contributed by atoms with E-state index in [0.717, 1.165) is 5.56 Å². The molecule has 22 heavy (non-hydrogen) atoms. The minimum Gasteiger partial charge on any atom is -0.494 e. The first-order valence-electron chi connectivity index (χ1n) is 6.40. The first-order chi connectivity index (χ1) is 10.5. The summed E-state index contributed by atoms with van der Waals surface area (Å²) < 4.78 is 5.36. The van der Waals surface area contributed by atoms with Gasteiger partial charge >= 0.3 is 11.2 Å². The Kier molecular flexibility index (Phi) is 4.52. The van der Waals surface area contributed by atoms with Gasteiger partial charge in [-0.05, 0) is 30.7 Å². The second kappa shape index (κ2) is 6.53. The summed E-state index contributed by atoms with van der Waals surface area (Å²) in [6.07, 6.45) is 3.06. The fraction of sp³-hybridized carbons (Fsp3) is 0.143. The zero-order valence-corrected chi connectivity index (χ0v) is 11.6. The van der Waals surface area contributed by atoms with Crippen LogP contribution in [-0.2, 0) is 0 Å². The van der Waals surface area contributed by atoms with Gasteiger partial charge in [-0.1, -0.05) is 18.2 Å². The van der Waals surface area contributed by atoms with Gasteiger partial charge in [-0.25, -0.2) is 0 Å². The molecule has 0 saturated heterocycles. The molecule has 2 aromatic rings. The molecular formula is C14H13N3O5. The van der Waals surface area contributed by atoms with Crippen molar-refractivity contribution in [1.82, 2.24) is 9.97 Å². The third-order valence-electron chi connectivity index (χ3n) is 2.68. The van der Waals surface area contributed by atoms with Gasteiger partial charge in [0.15, 0.2) is 0 Å². The fourth-order valence-corrected chi connectivity index (χ4v) is 1.77. The zero-order chi connectivity index (χ0) is 16.1. The lowest BCUT2D eigenvalue weighted by molar-refractivity contribution is -0.387. The Hall–Kier alpha value is -3.16. The van der Waals surface area contributed by atoms with Crippen LogP contribution in [0, 0.1) is 10.1 Å². The Morgan fingerprint density at radius 1 is 1.45 bits per heavy atom. The smallest absolute Gasteiger partial charge is 0.395 e. The van der Waals surface area contributed by atoms with Gasteiger partial charge in [0.05, 0.1) is 11.5 Å². The molecule has 114 valence electrons. The number of nitrogens with zero attached hydrogens (tertiary/aromatic N) is 2. The van der Waals surface area contributed by atoms with Crippen molar-refractivity contribution >= 4 is 17.8 Å². The summed E-state index contributed by atoms with van der Waals surface area (Å²) in [7, 11) is 0. The molecule has 1 aromatic heterocycles. The highest BCUT2D eigenvalue weighted by atomic mass is 16.6. The summed E-state index contributed by atoms with van der Waals surface area (Å²) in [6.45, 7) is 2.41. The van der Waals surface area contributed by atoms with E-state index in [4.69, 9.17) is 4.74 Å². The highest BCUT2D eigenvalue weighted by Crippen LogP contribution is 2.18. The number of nitro groups is 1. The summed E-state index contributed by atoms with van der Waals surface area (Å²) in [5.41, 5.74) is -1.21. The van der Waals surface area contributed by atoms with Crippen molar-refractivity contribution in [3.8, 4) is 11.6 Å². The molecule has 0 aliphatic rings. The van der Waals surface area contributed by atoms with Crippen LogP contribution < -0.4 is 10.3 Å². The first-order valence-corrected chi connectivity index (χ1v) is 6.40. The summed E-state index contributed by atoms with van der Waals surface area (Å²) in [6, 6.07) is 7.19. The van der Waals surface area contributed by atoms with Crippen molar-refractivity contribution in [2.24, 2.45) is 0 Å². The van der Waals surface area contributed by atoms with Crippen molar-refractivity contribution in [1.29, 1.82) is 0 Å². The Morgan fingerprint density at radius 2 is 2.23 bits per heavy atom. The third-order valence-corrected chi connectivity index (χ3v) is 2.68. The molecule has 0 radical (unpaired) electrons. The molecule has 8 nitrogen and oxygen atoms in total. The molecule has 0 amide bonds. The van der Waals surface area contributed by atoms with E-state index in [0.29, 0.717) is 12.4 Å². The number of ether oxygens (including phenoxy) is 1. The normalized spacial score (nSPS) is 10.8. The standard InChI is InChI=1S/C14H13N3O5/c1-2-22-10-5-3-4-9(8-10)6-7-11-15-13(18)12(17(20)21)14(19)16-11/h3-8H,2H2,1H3,(H2,15,16,18,19)/b7-6+. The van der Waals surface area contributed by atoms with Gasteiger partial charge in [-0.3, -0.25) is 14.9 Å². The molecule has 2 N–H and O–H groups in total. The Labute approximate surface area is 124 Å². The molecule has 0 fully saturated rings. The van der Waals surface area contributed by atoms with Gasteiger partial charge in [0.25, 0.3) is 5.88 Å². The first kappa shape index (κ1) is 15.2. The predicted molar refractivity (Wildman–Crippen MR) is 79.7 cm³/mol. The molecular weight excluding hydrogens is 290 g/mol. The third kappa shape index (κ3) is 3.48. The van der Waals surface area contributed by atoms with Crippen molar-refractivity contribution in [2.75, 3.05) is 6.61 Å². The molecule has 0 bridgehead atoms. The number of aromatic nitrogens is 2. The van der Waals surface area contributed by atoms with E-state index >= 15 is 0 Å². The molecule has 0 unspecified atom stereocenters. The Bertz CT molecular complexity index is 782. The molecule has 1 aromatic carbocycles. The minimum atomic E-state index is -1.01. The van der Waals surface area contributed by atoms with Crippen molar-refractivity contribution in [3.05, 3.63) is 56.1 Å². The zero-order valence-electron chi connectivity index (χ0n) is 11.6. The van der Waals surface area contributed by atoms with Gasteiger partial charge in [0, 0.05) is 0 Å². The maximum Gasteiger partial charge on any atom is 0.395 e. The van der Waals surface area contributed by atoms with Gasteiger partial charge < -0.3 is 14.8 Å². The number of aromatic hydroxyl groups is 1. The van der Waals surface area contributed by atoms with Gasteiger partial charge in [-0.2, -0.15) is 4.98 Å². The van der Waals surface area contributed by atoms with Crippen LogP contribution in [0.2, 0.25) is 0 Å². The topological polar surface area (TPSA) is 118 Å². The second-order valence-corrected chi connectivity index (χ2v) is 4.22. The molecule has 0 aliphatic carbocycles. The van der Waals surface area contributed by atoms with Crippen LogP contribution in [0.15, 0.2) is 29.1 Å². The quantitative estimate of drug-likeness (QED) is 0.643. The number of benzene rings is 1. The lowest BCUT2D eigenvalue weighted by Crippen LogP contribution is -2.14. The van der Waals surface area contributed by atoms with E-state index in [1.165, 1.54) is 6.08 Å². The Morgan fingerprint density at radius 3 is 2.86 bits per heavy atom. The van der Waals surface area contributed by atoms with Crippen LogP contribution in [0.4, 0.5) is 5.69 Å². The van der Waals surface area contributed by atoms with Gasteiger partial charge in [0.1, 0.15) is 11.6 Å². The maximum atomic E-state index is 11.5. The van der Waals surface area contributed by atoms with Crippen LogP contribution in [0.5, 0.6) is 11.6 Å². The highest BCUT2D eigenvalue weighted by molar-refractivity contribution is 5.67. The SMILES string of the molecule is CCOc1cccc(/C=C/c2nc(O)c([N+](=O)[O-])c(=O)[nH]2)c1. The highest BCUT2D eigenvalue weighted by Gasteiger charge is 2.21. The molecule has 2 rings (SSSR count). The number of aromatic amines is 1. The second-order valence-electron chi connectivity index (χ2n) is 4.22. The largest absolute Gasteiger partial charge is 0.494 e. The van der Waals surface area contributed by atoms with E-state index in [1.54, 1.807) is 24.3 Å². The van der Waals surface area contributed by atoms with Gasteiger partial charge in [-0.15, -0.1) is 0 Å². The van der Waals surface area contributed by atoms with Gasteiger partial charge in [0.2, 0.25) is 0 Å². The predicted octanol–water partition coefficient (Wildman–Crippen LogP) is 1.95. The van der Waals surface area contributed by atoms with E-state index in [-0.39, 0.29) is 5.82 Å². The van der Waals surface area contributed by atoms with E-state index in [2.05, 4.69) is 9.97 Å². The lowest BCUT2D eigenvalue weighted by Gasteiger charge is -2.03. The number of H-pyrrole nitrogens is 1. The summed E-state index contributed by atoms with van der Waals surface area (Å²) in [5.74, 6) is -0.218. The van der Waals surface area contributed by atoms with Crippen LogP contribution in [0.1, 0.15) is 18.3 Å². The number of hydrogen-bond acceptors (Lipinski definition) is 6. The van der Waals surface area contributed by atoms with Crippen molar-refractivity contribution in [2.45, 2.75) is 6.92 Å². The molecule has 8 heteroatoms. The van der Waals surface area contributed by atoms with E-state index < -0.39 is 22.0 Å². The molecule has 0 aliphatic heterocycles. The minimum absolute atomic E-state index is 0.00918. The van der Waals surface area contributed by atoms with Crippen LogP contribution in [-0.4, -0.2) is 26.6 Å². The number of nitrogens with one attached hydrogen (secondary N) is 1. The fourth-order valence-electron chi connectivity index (χ4n) is 1.77. The molecule has 0 atom stereocenters. The van der Waals surface area contributed by atoms with E-state index in [9.17, 15) is 20.0 Å². The lowest BCUT2D eigenvalue weighted by atomic mass is 10.2. The maximum absolute atomic E-state index is 11.5. The summed E-state index contributed by atoms with van der Waals surface area (Å²) >= 11 is 0. The van der Waals surface area contributed by atoms with Crippen LogP contribution in [0.25, 0.3) is 12.2 Å². The number of hydrogen-bond donors (Lipinski definition) is 2. The average Bonchev–Trinajstić information content (AvgIpc) is 2.45. The Balaban J connectivity index is 2.29. The molecule has 1 heterocycles. The summed E-state index contributed by atoms with van der Waals surface area (Å²) in [4.78, 5) is 26.9. The monoisotopic (exact) mass is 303 g/mol. The average molecular weight is 303 g/mol. The summed E-state index contributed by atoms with van der Waals surface area (Å²) in [5, 5.41) is 20.0. The van der Waals surface area contributed by atoms with E-state index in [1.807, 2.05) is 13.0 Å². The number of rotatable bonds is 5. The van der Waals surface area contributed by atoms with Crippen molar-refractivity contribution < 1.29 is 14.8 Å². The van der Waals surface area contributed by atoms with Crippen molar-refractivity contribution in [3.63, 3.8) is 0 Å². The van der Waals surface area contributed by atoms with Crippen LogP contribution >= 0.6 is 0 Å².